The lowest BCUT2D eigenvalue weighted by molar-refractivity contribution is -0.139. The van der Waals surface area contributed by atoms with Crippen LogP contribution in [0.25, 0.3) is 6.08 Å². The molecule has 1 aliphatic heterocycles. The summed E-state index contributed by atoms with van der Waals surface area (Å²) in [7, 11) is 0. The van der Waals surface area contributed by atoms with Crippen LogP contribution in [-0.2, 0) is 0 Å². The Morgan fingerprint density at radius 3 is 2.34 bits per heavy atom. The minimum Gasteiger partial charge on any atom is -0.294 e. The summed E-state index contributed by atoms with van der Waals surface area (Å²) in [5.41, 5.74) is 1.97. The Bertz CT molecular complexity index is 916. The van der Waals surface area contributed by atoms with E-state index >= 15 is 0 Å². The smallest absolute Gasteiger partial charge is 0.294 e. The molecule has 0 N–H and O–H groups in total. The van der Waals surface area contributed by atoms with Gasteiger partial charge in [0.2, 0.25) is 0 Å². The molecule has 1 heterocycles. The number of hydrogen-bond donors (Lipinski definition) is 0. The molecule has 7 heteroatoms. The predicted molar refractivity (Wildman–Crippen MR) is 115 cm³/mol. The summed E-state index contributed by atoms with van der Waals surface area (Å²) in [6.07, 6.45) is -1.47. The first-order valence-corrected chi connectivity index (χ1v) is 11.0. The molecule has 29 heavy (non-hydrogen) atoms. The number of rotatable bonds is 6. The lowest BCUT2D eigenvalue weighted by Gasteiger charge is -2.24. The fraction of sp³-hybridized carbons (Fsp3) is 0.318. The molecule has 1 aliphatic rings. The van der Waals surface area contributed by atoms with Crippen molar-refractivity contribution in [1.29, 1.82) is 0 Å². The van der Waals surface area contributed by atoms with Crippen LogP contribution in [0.15, 0.2) is 42.5 Å². The van der Waals surface area contributed by atoms with Crippen LogP contribution < -0.4 is 0 Å². The van der Waals surface area contributed by atoms with E-state index < -0.39 is 12.1 Å². The predicted octanol–water partition coefficient (Wildman–Crippen LogP) is 7.60. The van der Waals surface area contributed by atoms with Gasteiger partial charge in [-0.3, -0.25) is 4.79 Å². The third-order valence-corrected chi connectivity index (χ3v) is 6.66. The highest BCUT2D eigenvalue weighted by atomic mass is 35.5. The van der Waals surface area contributed by atoms with Crippen LogP contribution in [0.2, 0.25) is 10.0 Å². The fourth-order valence-electron chi connectivity index (χ4n) is 3.25. The molecule has 1 nitrogen and oxygen atoms in total. The second-order valence-electron chi connectivity index (χ2n) is 7.19. The zero-order chi connectivity index (χ0) is 21.2. The van der Waals surface area contributed by atoms with E-state index in [1.807, 2.05) is 11.8 Å². The average molecular weight is 459 g/mol. The van der Waals surface area contributed by atoms with Crippen molar-refractivity contribution in [2.45, 2.75) is 25.4 Å². The van der Waals surface area contributed by atoms with Crippen molar-refractivity contribution < 1.29 is 18.0 Å². The van der Waals surface area contributed by atoms with E-state index in [9.17, 15) is 18.0 Å². The molecule has 0 amide bonds. The van der Waals surface area contributed by atoms with Gasteiger partial charge in [-0.1, -0.05) is 53.6 Å². The summed E-state index contributed by atoms with van der Waals surface area (Å²) < 4.78 is 40.8. The van der Waals surface area contributed by atoms with E-state index in [4.69, 9.17) is 23.2 Å². The number of carbonyl (C=O) groups excluding carboxylic acids is 1. The van der Waals surface area contributed by atoms with Crippen molar-refractivity contribution in [2.75, 3.05) is 11.5 Å². The molecule has 0 spiro atoms. The molecule has 2 aromatic carbocycles. The van der Waals surface area contributed by atoms with Crippen LogP contribution >= 0.6 is 35.0 Å². The van der Waals surface area contributed by atoms with Crippen LogP contribution in [-0.4, -0.2) is 23.5 Å². The third-order valence-electron chi connectivity index (χ3n) is 4.81. The molecule has 0 bridgehead atoms. The molecular formula is C22H19Cl2F3OS. The first kappa shape index (κ1) is 22.3. The van der Waals surface area contributed by atoms with Crippen LogP contribution in [0.1, 0.15) is 39.4 Å². The van der Waals surface area contributed by atoms with Gasteiger partial charge >= 0.3 is 6.18 Å². The van der Waals surface area contributed by atoms with Gasteiger partial charge in [0, 0.05) is 22.0 Å². The van der Waals surface area contributed by atoms with Gasteiger partial charge in [0.1, 0.15) is 0 Å². The quantitative estimate of drug-likeness (QED) is 0.414. The maximum atomic E-state index is 13.6. The van der Waals surface area contributed by atoms with Crippen LogP contribution in [0.5, 0.6) is 0 Å². The van der Waals surface area contributed by atoms with Crippen molar-refractivity contribution in [3.8, 4) is 0 Å². The van der Waals surface area contributed by atoms with Gasteiger partial charge in [-0.25, -0.2) is 0 Å². The Morgan fingerprint density at radius 2 is 1.83 bits per heavy atom. The first-order chi connectivity index (χ1) is 13.6. The largest absolute Gasteiger partial charge is 0.399 e. The third kappa shape index (κ3) is 5.80. The molecule has 1 atom stereocenters. The lowest BCUT2D eigenvalue weighted by Crippen LogP contribution is -2.21. The van der Waals surface area contributed by atoms with Crippen molar-refractivity contribution >= 4 is 46.8 Å². The second kappa shape index (κ2) is 9.15. The number of hydrogen-bond acceptors (Lipinski definition) is 2. The molecule has 1 unspecified atom stereocenters. The van der Waals surface area contributed by atoms with Crippen LogP contribution in [0.3, 0.4) is 0 Å². The van der Waals surface area contributed by atoms with Crippen LogP contribution in [0.4, 0.5) is 13.2 Å². The SMILES string of the molecule is Cc1cc(/C=C/C(c2cc(Cl)cc(Cl)c2)C(F)(F)F)ccc1C(=O)CC1CSC1. The topological polar surface area (TPSA) is 17.1 Å². The number of alkyl halides is 3. The minimum absolute atomic E-state index is 0.0202. The van der Waals surface area contributed by atoms with E-state index in [0.29, 0.717) is 23.5 Å². The maximum Gasteiger partial charge on any atom is 0.399 e. The lowest BCUT2D eigenvalue weighted by atomic mass is 9.94. The number of Topliss-reactive ketones (excluding diaryl/α,β-unsaturated/α-hetero) is 1. The van der Waals surface area contributed by atoms with Gasteiger partial charge in [-0.15, -0.1) is 0 Å². The molecule has 2 aromatic rings. The molecule has 0 aliphatic carbocycles. The zero-order valence-corrected chi connectivity index (χ0v) is 17.9. The van der Waals surface area contributed by atoms with E-state index in [1.54, 1.807) is 25.1 Å². The number of allylic oxidation sites excluding steroid dienone is 1. The van der Waals surface area contributed by atoms with E-state index in [1.165, 1.54) is 24.3 Å². The van der Waals surface area contributed by atoms with Crippen molar-refractivity contribution in [2.24, 2.45) is 5.92 Å². The molecule has 0 aromatic heterocycles. The molecular weight excluding hydrogens is 440 g/mol. The molecule has 154 valence electrons. The van der Waals surface area contributed by atoms with Gasteiger partial charge in [0.15, 0.2) is 5.78 Å². The van der Waals surface area contributed by atoms with E-state index in [0.717, 1.165) is 23.1 Å². The zero-order valence-electron chi connectivity index (χ0n) is 15.6. The number of benzene rings is 2. The number of carbonyl (C=O) groups is 1. The first-order valence-electron chi connectivity index (χ1n) is 9.06. The van der Waals surface area contributed by atoms with Gasteiger partial charge in [-0.05, 0) is 59.2 Å². The molecule has 1 saturated heterocycles. The summed E-state index contributed by atoms with van der Waals surface area (Å²) in [6.45, 7) is 1.80. The Kier molecular flexibility index (Phi) is 7.02. The number of halogens is 5. The number of aryl methyl sites for hydroxylation is 1. The van der Waals surface area contributed by atoms with Gasteiger partial charge in [-0.2, -0.15) is 24.9 Å². The molecule has 3 rings (SSSR count). The standard InChI is InChI=1S/C22H19Cl2F3OS/c1-13-6-14(2-4-19(13)21(28)7-15-11-29-12-15)3-5-20(22(25,26)27)16-8-17(23)10-18(24)9-16/h2-6,8-10,15,20H,7,11-12H2,1H3/b5-3+. The monoisotopic (exact) mass is 458 g/mol. The van der Waals surface area contributed by atoms with Crippen molar-refractivity contribution in [3.63, 3.8) is 0 Å². The van der Waals surface area contributed by atoms with Gasteiger partial charge in [0.05, 0.1) is 5.92 Å². The summed E-state index contributed by atoms with van der Waals surface area (Å²) in [5.74, 6) is 0.709. The highest BCUT2D eigenvalue weighted by Crippen LogP contribution is 2.38. The number of ketones is 1. The summed E-state index contributed by atoms with van der Waals surface area (Å²) in [6, 6.07) is 9.03. The number of thioether (sulfide) groups is 1. The van der Waals surface area contributed by atoms with Crippen molar-refractivity contribution in [1.82, 2.24) is 0 Å². The van der Waals surface area contributed by atoms with E-state index in [2.05, 4.69) is 0 Å². The Morgan fingerprint density at radius 1 is 1.17 bits per heavy atom. The van der Waals surface area contributed by atoms with Gasteiger partial charge in [0.25, 0.3) is 0 Å². The summed E-state index contributed by atoms with van der Waals surface area (Å²) in [4.78, 5) is 12.4. The molecule has 1 fully saturated rings. The fourth-order valence-corrected chi connectivity index (χ4v) is 4.60. The van der Waals surface area contributed by atoms with Crippen LogP contribution in [0, 0.1) is 12.8 Å². The molecule has 0 saturated carbocycles. The molecule has 0 radical (unpaired) electrons. The summed E-state index contributed by atoms with van der Waals surface area (Å²) >= 11 is 13.6. The average Bonchev–Trinajstić information content (AvgIpc) is 2.56. The Hall–Kier alpha value is -1.43. The summed E-state index contributed by atoms with van der Waals surface area (Å²) in [5, 5.41) is 0.303. The maximum absolute atomic E-state index is 13.6. The van der Waals surface area contributed by atoms with E-state index in [-0.39, 0.29) is 21.4 Å². The Balaban J connectivity index is 1.82. The highest BCUT2D eigenvalue weighted by Gasteiger charge is 2.39. The Labute approximate surface area is 182 Å². The highest BCUT2D eigenvalue weighted by molar-refractivity contribution is 8.00. The van der Waals surface area contributed by atoms with Crippen molar-refractivity contribution in [3.05, 3.63) is 74.8 Å². The van der Waals surface area contributed by atoms with Gasteiger partial charge < -0.3 is 0 Å². The minimum atomic E-state index is -4.49. The normalized spacial score (nSPS) is 16.1. The second-order valence-corrected chi connectivity index (χ2v) is 9.13.